The van der Waals surface area contributed by atoms with Crippen LogP contribution in [-0.2, 0) is 14.4 Å². The Balaban J connectivity index is 3.73. The molecule has 0 bridgehead atoms. The summed E-state index contributed by atoms with van der Waals surface area (Å²) < 4.78 is 0. The van der Waals surface area contributed by atoms with Crippen molar-refractivity contribution in [3.8, 4) is 0 Å². The van der Waals surface area contributed by atoms with E-state index < -0.39 is 18.0 Å². The van der Waals surface area contributed by atoms with Crippen LogP contribution >= 0.6 is 0 Å². The van der Waals surface area contributed by atoms with Crippen LogP contribution in [0.15, 0.2) is 0 Å². The molecule has 0 aliphatic heterocycles. The highest BCUT2D eigenvalue weighted by Crippen LogP contribution is 2.15. The fourth-order valence-electron chi connectivity index (χ4n) is 3.21. The molecule has 0 aromatic heterocycles. The maximum Gasteiger partial charge on any atom is 0.326 e. The number of carboxylic acid groups (broad SMARTS) is 2. The van der Waals surface area contributed by atoms with E-state index in [0.717, 1.165) is 25.2 Å². The zero-order valence-corrected chi connectivity index (χ0v) is 18.0. The topological polar surface area (TPSA) is 104 Å². The van der Waals surface area contributed by atoms with Crippen molar-refractivity contribution in [2.45, 2.75) is 110 Å². The molecule has 0 aromatic rings. The smallest absolute Gasteiger partial charge is 0.326 e. The molecule has 3 N–H and O–H groups in total. The maximum absolute atomic E-state index is 12.1. The van der Waals surface area contributed by atoms with E-state index in [1.54, 1.807) is 6.92 Å². The Morgan fingerprint density at radius 2 is 1.18 bits per heavy atom. The van der Waals surface area contributed by atoms with Crippen molar-refractivity contribution >= 4 is 17.8 Å². The molecule has 1 amide bonds. The molecule has 0 radical (unpaired) electrons. The Labute approximate surface area is 170 Å². The molecule has 0 saturated carbocycles. The van der Waals surface area contributed by atoms with E-state index in [1.807, 2.05) is 0 Å². The number of hydrogen-bond acceptors (Lipinski definition) is 3. The van der Waals surface area contributed by atoms with Gasteiger partial charge in [0.25, 0.3) is 0 Å². The number of nitrogens with one attached hydrogen (secondary N) is 1. The predicted octanol–water partition coefficient (Wildman–Crippen LogP) is 5.00. The van der Waals surface area contributed by atoms with Gasteiger partial charge >= 0.3 is 11.9 Å². The summed E-state index contributed by atoms with van der Waals surface area (Å²) >= 11 is 0. The number of amides is 1. The number of unbranched alkanes of at least 4 members (excludes halogenated alkanes) is 8. The molecule has 0 fully saturated rings. The van der Waals surface area contributed by atoms with Crippen molar-refractivity contribution in [1.29, 1.82) is 0 Å². The van der Waals surface area contributed by atoms with E-state index in [9.17, 15) is 14.4 Å². The normalized spacial score (nSPS) is 13.3. The van der Waals surface area contributed by atoms with Crippen LogP contribution in [0.4, 0.5) is 0 Å². The number of carbonyl (C=O) groups excluding carboxylic acids is 1. The first-order valence-corrected chi connectivity index (χ1v) is 11.0. The van der Waals surface area contributed by atoms with E-state index in [1.165, 1.54) is 51.4 Å². The van der Waals surface area contributed by atoms with Crippen molar-refractivity contribution in [2.75, 3.05) is 0 Å². The summed E-state index contributed by atoms with van der Waals surface area (Å²) in [6.45, 7) is 6.34. The second-order valence-corrected chi connectivity index (χ2v) is 8.39. The zero-order chi connectivity index (χ0) is 21.4. The highest BCUT2D eigenvalue weighted by molar-refractivity contribution is 5.85. The summed E-state index contributed by atoms with van der Waals surface area (Å²) in [7, 11) is 0. The largest absolute Gasteiger partial charge is 0.481 e. The van der Waals surface area contributed by atoms with Crippen molar-refractivity contribution in [3.63, 3.8) is 0 Å². The van der Waals surface area contributed by atoms with E-state index in [-0.39, 0.29) is 24.7 Å². The van der Waals surface area contributed by atoms with Crippen molar-refractivity contribution in [1.82, 2.24) is 5.32 Å². The first kappa shape index (κ1) is 26.4. The van der Waals surface area contributed by atoms with Gasteiger partial charge in [-0.2, -0.15) is 0 Å². The first-order chi connectivity index (χ1) is 13.2. The summed E-state index contributed by atoms with van der Waals surface area (Å²) in [6.07, 6.45) is 12.8. The van der Waals surface area contributed by atoms with Crippen LogP contribution in [0.3, 0.4) is 0 Å². The molecule has 0 saturated heterocycles. The highest BCUT2D eigenvalue weighted by atomic mass is 16.4. The standard InChI is InChI=1S/C22H41NO5/c1-17(2)13-11-9-7-5-4-6-8-10-12-14-18(3)21(26)23-19(22(27)28)15-16-20(24)25/h17-19H,4-16H2,1-3H3,(H,23,26)(H,24,25)(H,27,28)/t18-,19?/m1/s1. The van der Waals surface area contributed by atoms with Crippen LogP contribution < -0.4 is 5.32 Å². The third-order valence-corrected chi connectivity index (χ3v) is 5.13. The Bertz CT molecular complexity index is 450. The lowest BCUT2D eigenvalue weighted by molar-refractivity contribution is -0.143. The Morgan fingerprint density at radius 3 is 1.61 bits per heavy atom. The van der Waals surface area contributed by atoms with Gasteiger partial charge in [-0.05, 0) is 18.8 Å². The second-order valence-electron chi connectivity index (χ2n) is 8.39. The van der Waals surface area contributed by atoms with Gasteiger partial charge in [0.1, 0.15) is 6.04 Å². The zero-order valence-electron chi connectivity index (χ0n) is 18.0. The third kappa shape index (κ3) is 15.5. The second kappa shape index (κ2) is 16.4. The maximum atomic E-state index is 12.1. The van der Waals surface area contributed by atoms with E-state index in [2.05, 4.69) is 19.2 Å². The van der Waals surface area contributed by atoms with Crippen LogP contribution in [0.25, 0.3) is 0 Å². The van der Waals surface area contributed by atoms with Gasteiger partial charge in [0, 0.05) is 12.3 Å². The van der Waals surface area contributed by atoms with Gasteiger partial charge in [-0.1, -0.05) is 85.0 Å². The van der Waals surface area contributed by atoms with Crippen LogP contribution in [-0.4, -0.2) is 34.1 Å². The fourth-order valence-corrected chi connectivity index (χ4v) is 3.21. The molecule has 0 spiro atoms. The molecular formula is C22H41NO5. The van der Waals surface area contributed by atoms with Crippen molar-refractivity contribution < 1.29 is 24.6 Å². The van der Waals surface area contributed by atoms with Gasteiger partial charge in [-0.25, -0.2) is 4.79 Å². The average Bonchev–Trinajstić information content (AvgIpc) is 2.61. The number of rotatable bonds is 18. The van der Waals surface area contributed by atoms with Gasteiger partial charge in [0.15, 0.2) is 0 Å². The summed E-state index contributed by atoms with van der Waals surface area (Å²) in [4.78, 5) is 33.8. The van der Waals surface area contributed by atoms with Crippen molar-refractivity contribution in [2.24, 2.45) is 11.8 Å². The molecule has 2 atom stereocenters. The minimum Gasteiger partial charge on any atom is -0.481 e. The Hall–Kier alpha value is -1.59. The van der Waals surface area contributed by atoms with Crippen LogP contribution in [0.1, 0.15) is 104 Å². The van der Waals surface area contributed by atoms with Crippen LogP contribution in [0.2, 0.25) is 0 Å². The van der Waals surface area contributed by atoms with Crippen molar-refractivity contribution in [3.05, 3.63) is 0 Å². The van der Waals surface area contributed by atoms with Gasteiger partial charge in [-0.3, -0.25) is 9.59 Å². The molecule has 0 rings (SSSR count). The quantitative estimate of drug-likeness (QED) is 0.281. The molecule has 28 heavy (non-hydrogen) atoms. The van der Waals surface area contributed by atoms with Gasteiger partial charge < -0.3 is 15.5 Å². The SMILES string of the molecule is CC(C)CCCCCCCCCCC[C@@H](C)C(=O)NC(CCC(=O)O)C(=O)O. The molecule has 0 aromatic carbocycles. The minimum atomic E-state index is -1.19. The fraction of sp³-hybridized carbons (Fsp3) is 0.864. The minimum absolute atomic E-state index is 0.0966. The summed E-state index contributed by atoms with van der Waals surface area (Å²) in [5, 5.41) is 20.2. The lowest BCUT2D eigenvalue weighted by atomic mass is 9.99. The summed E-state index contributed by atoms with van der Waals surface area (Å²) in [6, 6.07) is -1.13. The number of hydrogen-bond donors (Lipinski definition) is 3. The Kier molecular flexibility index (Phi) is 15.4. The number of carbonyl (C=O) groups is 3. The summed E-state index contributed by atoms with van der Waals surface area (Å²) in [5.74, 6) is -2.01. The van der Waals surface area contributed by atoms with E-state index in [0.29, 0.717) is 0 Å². The molecule has 6 heteroatoms. The van der Waals surface area contributed by atoms with Gasteiger partial charge in [0.05, 0.1) is 0 Å². The van der Waals surface area contributed by atoms with E-state index >= 15 is 0 Å². The highest BCUT2D eigenvalue weighted by Gasteiger charge is 2.23. The molecule has 0 heterocycles. The van der Waals surface area contributed by atoms with Gasteiger partial charge in [0.2, 0.25) is 5.91 Å². The molecule has 1 unspecified atom stereocenters. The lowest BCUT2D eigenvalue weighted by Gasteiger charge is -2.17. The molecule has 6 nitrogen and oxygen atoms in total. The van der Waals surface area contributed by atoms with Gasteiger partial charge in [-0.15, -0.1) is 0 Å². The molecule has 0 aliphatic carbocycles. The number of carboxylic acids is 2. The lowest BCUT2D eigenvalue weighted by Crippen LogP contribution is -2.43. The predicted molar refractivity (Wildman–Crippen MR) is 111 cm³/mol. The molecule has 0 aliphatic rings. The number of aliphatic carboxylic acids is 2. The monoisotopic (exact) mass is 399 g/mol. The average molecular weight is 400 g/mol. The molecule has 164 valence electrons. The molecular weight excluding hydrogens is 358 g/mol. The van der Waals surface area contributed by atoms with Crippen LogP contribution in [0.5, 0.6) is 0 Å². The van der Waals surface area contributed by atoms with E-state index in [4.69, 9.17) is 10.2 Å². The first-order valence-electron chi connectivity index (χ1n) is 11.0. The summed E-state index contributed by atoms with van der Waals surface area (Å²) in [5.41, 5.74) is 0. The Morgan fingerprint density at radius 1 is 0.714 bits per heavy atom. The third-order valence-electron chi connectivity index (χ3n) is 5.13. The van der Waals surface area contributed by atoms with Crippen LogP contribution in [0, 0.1) is 11.8 Å².